The van der Waals surface area contributed by atoms with Crippen molar-refractivity contribution < 1.29 is 0 Å². The molecule has 0 radical (unpaired) electrons. The smallest absolute Gasteiger partial charge is 0.0671 e. The monoisotopic (exact) mass is 831 g/mol. The van der Waals surface area contributed by atoms with Crippen LogP contribution in [0.4, 0.5) is 5.69 Å². The molecule has 0 saturated heterocycles. The lowest BCUT2D eigenvalue weighted by atomic mass is 9.49. The van der Waals surface area contributed by atoms with E-state index in [-0.39, 0.29) is 11.5 Å². The number of fused-ring (bicyclic) bond motifs is 8. The summed E-state index contributed by atoms with van der Waals surface area (Å²) in [6.45, 7) is 0. The molecule has 65 heavy (non-hydrogen) atoms. The zero-order valence-electron chi connectivity index (χ0n) is 36.4. The maximum Gasteiger partial charge on any atom is 0.0671 e. The third-order valence-corrected chi connectivity index (χ3v) is 15.6. The second-order valence-electron chi connectivity index (χ2n) is 18.6. The van der Waals surface area contributed by atoms with Gasteiger partial charge in [0.1, 0.15) is 0 Å². The minimum Gasteiger partial charge on any atom is -0.334 e. The summed E-state index contributed by atoms with van der Waals surface area (Å²) in [6, 6.07) is 68.7. The van der Waals surface area contributed by atoms with Gasteiger partial charge in [-0.2, -0.15) is 0 Å². The highest BCUT2D eigenvalue weighted by atomic mass is 15.2. The van der Waals surface area contributed by atoms with Crippen LogP contribution in [0.1, 0.15) is 75.3 Å². The maximum absolute atomic E-state index is 2.64. The van der Waals surface area contributed by atoms with Crippen molar-refractivity contribution in [3.8, 4) is 11.1 Å². The maximum atomic E-state index is 2.64. The van der Waals surface area contributed by atoms with Crippen molar-refractivity contribution in [2.24, 2.45) is 5.92 Å². The summed E-state index contributed by atoms with van der Waals surface area (Å²) in [5, 5.41) is 0. The number of benzene rings is 7. The molecule has 1 heteroatoms. The summed E-state index contributed by atoms with van der Waals surface area (Å²) in [5.41, 5.74) is 20.8. The van der Waals surface area contributed by atoms with E-state index in [0.29, 0.717) is 11.8 Å². The molecule has 0 bridgehead atoms. The summed E-state index contributed by atoms with van der Waals surface area (Å²) >= 11 is 0. The molecule has 5 unspecified atom stereocenters. The molecule has 6 aliphatic carbocycles. The fraction of sp³-hybridized carbons (Fsp3) is 0.125. The molecule has 0 heterocycles. The summed E-state index contributed by atoms with van der Waals surface area (Å²) in [6.07, 6.45) is 26.8. The van der Waals surface area contributed by atoms with Crippen LogP contribution < -0.4 is 4.90 Å². The van der Waals surface area contributed by atoms with E-state index >= 15 is 0 Å². The van der Waals surface area contributed by atoms with Gasteiger partial charge in [0.15, 0.2) is 0 Å². The molecule has 1 nitrogen and oxygen atoms in total. The normalized spacial score (nSPS) is 24.0. The Kier molecular flexibility index (Phi) is 8.81. The van der Waals surface area contributed by atoms with Gasteiger partial charge in [-0.1, -0.05) is 225 Å². The quantitative estimate of drug-likeness (QED) is 0.155. The first kappa shape index (κ1) is 38.0. The van der Waals surface area contributed by atoms with Crippen molar-refractivity contribution in [3.05, 3.63) is 304 Å². The highest BCUT2D eigenvalue weighted by Gasteiger charge is 2.61. The molecule has 0 spiro atoms. The topological polar surface area (TPSA) is 3.24 Å². The van der Waals surface area contributed by atoms with Crippen LogP contribution in [0.25, 0.3) is 22.8 Å². The van der Waals surface area contributed by atoms with Crippen LogP contribution in [0.3, 0.4) is 0 Å². The molecule has 0 saturated carbocycles. The average Bonchev–Trinajstić information content (AvgIpc) is 3.70. The summed E-state index contributed by atoms with van der Waals surface area (Å²) in [7, 11) is 0. The predicted molar refractivity (Wildman–Crippen MR) is 270 cm³/mol. The summed E-state index contributed by atoms with van der Waals surface area (Å²) in [4.78, 5) is 2.64. The molecule has 310 valence electrons. The number of hydrogen-bond acceptors (Lipinski definition) is 1. The molecular formula is C64H49N. The molecule has 0 aliphatic heterocycles. The van der Waals surface area contributed by atoms with Crippen LogP contribution in [-0.2, 0) is 10.8 Å². The first-order valence-corrected chi connectivity index (χ1v) is 23.5. The van der Waals surface area contributed by atoms with Crippen molar-refractivity contribution in [1.29, 1.82) is 0 Å². The van der Waals surface area contributed by atoms with E-state index in [2.05, 4.69) is 248 Å². The van der Waals surface area contributed by atoms with Gasteiger partial charge < -0.3 is 4.90 Å². The molecule has 0 fully saturated rings. The molecule has 6 aliphatic rings. The van der Waals surface area contributed by atoms with Gasteiger partial charge in [0.05, 0.1) is 16.9 Å². The molecule has 0 amide bonds. The van der Waals surface area contributed by atoms with E-state index in [0.717, 1.165) is 19.3 Å². The van der Waals surface area contributed by atoms with Crippen LogP contribution in [0.2, 0.25) is 0 Å². The van der Waals surface area contributed by atoms with Gasteiger partial charge in [-0.05, 0) is 115 Å². The van der Waals surface area contributed by atoms with Gasteiger partial charge in [0.2, 0.25) is 0 Å². The van der Waals surface area contributed by atoms with Crippen molar-refractivity contribution in [3.63, 3.8) is 0 Å². The second-order valence-corrected chi connectivity index (χ2v) is 18.6. The van der Waals surface area contributed by atoms with E-state index in [1.54, 1.807) is 0 Å². The molecule has 0 N–H and O–H groups in total. The zero-order chi connectivity index (χ0) is 43.0. The van der Waals surface area contributed by atoms with Gasteiger partial charge in [-0.15, -0.1) is 0 Å². The fourth-order valence-electron chi connectivity index (χ4n) is 13.0. The van der Waals surface area contributed by atoms with Crippen LogP contribution in [0, 0.1) is 5.92 Å². The molecule has 13 rings (SSSR count). The van der Waals surface area contributed by atoms with Crippen molar-refractivity contribution in [2.75, 3.05) is 4.90 Å². The first-order chi connectivity index (χ1) is 32.2. The zero-order valence-corrected chi connectivity index (χ0v) is 36.4. The molecular weight excluding hydrogens is 783 g/mol. The van der Waals surface area contributed by atoms with E-state index in [9.17, 15) is 0 Å². The Morgan fingerprint density at radius 1 is 0.538 bits per heavy atom. The fourth-order valence-corrected chi connectivity index (χ4v) is 13.0. The van der Waals surface area contributed by atoms with E-state index in [4.69, 9.17) is 0 Å². The van der Waals surface area contributed by atoms with Gasteiger partial charge in [0, 0.05) is 23.2 Å². The minimum atomic E-state index is -0.546. The van der Waals surface area contributed by atoms with Crippen LogP contribution in [-0.4, -0.2) is 6.04 Å². The van der Waals surface area contributed by atoms with Crippen LogP contribution in [0.15, 0.2) is 254 Å². The first-order valence-electron chi connectivity index (χ1n) is 23.5. The Morgan fingerprint density at radius 2 is 1.23 bits per heavy atom. The Labute approximate surface area is 383 Å². The number of hydrogen-bond donors (Lipinski definition) is 0. The lowest BCUT2D eigenvalue weighted by Crippen LogP contribution is -2.48. The van der Waals surface area contributed by atoms with Crippen molar-refractivity contribution in [1.82, 2.24) is 0 Å². The SMILES string of the molecule is C1=CCC2C(=C1)c1cccc3c1C2(c1ccccc1)c1ccccc1C3(C1=CC=CC(N(C2=CCC3C(=C2)C=Cc2ccccc23)c2ccc(-c3ccccc3)cc2)C1)c1ccccc1. The largest absolute Gasteiger partial charge is 0.334 e. The van der Waals surface area contributed by atoms with Gasteiger partial charge >= 0.3 is 0 Å². The van der Waals surface area contributed by atoms with Gasteiger partial charge in [0.25, 0.3) is 0 Å². The predicted octanol–water partition coefficient (Wildman–Crippen LogP) is 15.1. The van der Waals surface area contributed by atoms with Gasteiger partial charge in [-0.25, -0.2) is 0 Å². The third-order valence-electron chi connectivity index (χ3n) is 15.6. The molecule has 5 atom stereocenters. The third kappa shape index (κ3) is 5.58. The van der Waals surface area contributed by atoms with E-state index < -0.39 is 5.41 Å². The van der Waals surface area contributed by atoms with Gasteiger partial charge in [-0.3, -0.25) is 0 Å². The van der Waals surface area contributed by atoms with E-state index in [1.165, 1.54) is 89.3 Å². The Hall–Kier alpha value is -7.48. The standard InChI is InChI=1S/C64H49N/c1-4-18-44(19-5-1)45-36-38-51(39-37-45)65(53-40-41-55-47(42-53)35-34-46-20-10-11-27-54(46)55)52-26-16-25-50(43-52)63(48-21-6-2-7-22-48)59-31-14-15-32-60(59)64(49-23-8-3-9-24-49)58-30-13-12-28-56(58)57-29-17-33-61(63)62(57)64/h1-29,31-40,42,52,55,58H,30,41,43H2. The van der Waals surface area contributed by atoms with Crippen LogP contribution >= 0.6 is 0 Å². The summed E-state index contributed by atoms with van der Waals surface area (Å²) in [5.74, 6) is 0.651. The number of rotatable bonds is 7. The highest BCUT2D eigenvalue weighted by Crippen LogP contribution is 2.68. The molecule has 0 aromatic heterocycles. The number of allylic oxidation sites excluding steroid dienone is 10. The lowest BCUT2D eigenvalue weighted by Gasteiger charge is -2.52. The second kappa shape index (κ2) is 15.1. The van der Waals surface area contributed by atoms with E-state index in [1.807, 2.05) is 0 Å². The number of nitrogens with zero attached hydrogens (tertiary/aromatic N) is 1. The lowest BCUT2D eigenvalue weighted by molar-refractivity contribution is 0.449. The van der Waals surface area contributed by atoms with Crippen molar-refractivity contribution >= 4 is 17.3 Å². The summed E-state index contributed by atoms with van der Waals surface area (Å²) < 4.78 is 0. The Bertz CT molecular complexity index is 3230. The minimum absolute atomic E-state index is 0.0527. The molecule has 7 aromatic carbocycles. The highest BCUT2D eigenvalue weighted by molar-refractivity contribution is 5.89. The van der Waals surface area contributed by atoms with Crippen molar-refractivity contribution in [2.45, 2.75) is 42.1 Å². The Morgan fingerprint density at radius 3 is 2.05 bits per heavy atom. The van der Waals surface area contributed by atoms with Crippen LogP contribution in [0.5, 0.6) is 0 Å². The number of anilines is 1. The molecule has 7 aromatic rings. The Balaban J connectivity index is 1.00. The average molecular weight is 832 g/mol.